The lowest BCUT2D eigenvalue weighted by Gasteiger charge is -2.31. The van der Waals surface area contributed by atoms with Gasteiger partial charge in [0.2, 0.25) is 0 Å². The number of hydrogen-bond donors (Lipinski definition) is 0. The summed E-state index contributed by atoms with van der Waals surface area (Å²) in [6.07, 6.45) is 3.53. The van der Waals surface area contributed by atoms with Gasteiger partial charge in [0.25, 0.3) is 0 Å². The molecule has 21 heavy (non-hydrogen) atoms. The summed E-state index contributed by atoms with van der Waals surface area (Å²) in [6, 6.07) is 5.07. The molecule has 2 atom stereocenters. The summed E-state index contributed by atoms with van der Waals surface area (Å²) < 4.78 is 10.9. The maximum absolute atomic E-state index is 12.2. The maximum atomic E-state index is 12.2. The lowest BCUT2D eigenvalue weighted by Crippen LogP contribution is -2.28. The predicted octanol–water partition coefficient (Wildman–Crippen LogP) is 4.37. The number of methoxy groups -OCH3 is 1. The normalized spacial score (nSPS) is 25.6. The topological polar surface area (TPSA) is 35.5 Å². The Hall–Kier alpha value is -1.06. The first-order valence-corrected chi connectivity index (χ1v) is 7.85. The van der Waals surface area contributed by atoms with E-state index >= 15 is 0 Å². The van der Waals surface area contributed by atoms with Crippen LogP contribution in [0.25, 0.3) is 0 Å². The smallest absolute Gasteiger partial charge is 0.188 e. The van der Waals surface area contributed by atoms with Gasteiger partial charge in [0.05, 0.1) is 18.2 Å². The van der Waals surface area contributed by atoms with Gasteiger partial charge >= 0.3 is 0 Å². The van der Waals surface area contributed by atoms with Gasteiger partial charge in [0.1, 0.15) is 12.4 Å². The third-order valence-corrected chi connectivity index (χ3v) is 4.35. The Bertz CT molecular complexity index is 491. The molecule has 1 saturated carbocycles. The van der Waals surface area contributed by atoms with Crippen molar-refractivity contribution in [3.05, 3.63) is 28.8 Å². The van der Waals surface area contributed by atoms with Crippen LogP contribution in [0, 0.1) is 11.8 Å². The molecule has 0 bridgehead atoms. The number of carbonyl (C=O) groups is 1. The summed E-state index contributed by atoms with van der Waals surface area (Å²) >= 11 is 6.04. The highest BCUT2D eigenvalue weighted by Crippen LogP contribution is 2.30. The van der Waals surface area contributed by atoms with E-state index in [1.807, 2.05) is 0 Å². The third kappa shape index (κ3) is 4.45. The number of halogens is 1. The average molecular weight is 311 g/mol. The molecule has 0 radical (unpaired) electrons. The van der Waals surface area contributed by atoms with Crippen LogP contribution in [0.3, 0.4) is 0 Å². The molecule has 0 heterocycles. The molecule has 2 rings (SSSR count). The van der Waals surface area contributed by atoms with Crippen molar-refractivity contribution >= 4 is 17.4 Å². The molecule has 0 aromatic heterocycles. The molecule has 1 aromatic rings. The zero-order valence-electron chi connectivity index (χ0n) is 12.9. The van der Waals surface area contributed by atoms with Gasteiger partial charge in [-0.3, -0.25) is 4.79 Å². The van der Waals surface area contributed by atoms with Gasteiger partial charge in [0, 0.05) is 5.56 Å². The summed E-state index contributed by atoms with van der Waals surface area (Å²) in [5.74, 6) is 1.88. The van der Waals surface area contributed by atoms with Crippen molar-refractivity contribution in [3.63, 3.8) is 0 Å². The Labute approximate surface area is 131 Å². The van der Waals surface area contributed by atoms with Crippen LogP contribution < -0.4 is 4.74 Å². The van der Waals surface area contributed by atoms with Crippen LogP contribution in [-0.2, 0) is 4.74 Å². The summed E-state index contributed by atoms with van der Waals surface area (Å²) in [6.45, 7) is 4.61. The number of rotatable bonds is 5. The van der Waals surface area contributed by atoms with E-state index in [4.69, 9.17) is 21.1 Å². The predicted molar refractivity (Wildman–Crippen MR) is 84.3 cm³/mol. The van der Waals surface area contributed by atoms with Crippen LogP contribution in [0.2, 0.25) is 5.02 Å². The molecule has 4 heteroatoms. The number of hydrogen-bond acceptors (Lipinski definition) is 3. The van der Waals surface area contributed by atoms with Crippen LogP contribution in [0.5, 0.6) is 5.75 Å². The van der Waals surface area contributed by atoms with Crippen molar-refractivity contribution in [1.82, 2.24) is 0 Å². The number of ketones is 1. The van der Waals surface area contributed by atoms with E-state index in [1.54, 1.807) is 25.3 Å². The van der Waals surface area contributed by atoms with Crippen molar-refractivity contribution in [2.45, 2.75) is 39.2 Å². The van der Waals surface area contributed by atoms with Crippen LogP contribution >= 0.6 is 11.6 Å². The fraction of sp³-hybridized carbons (Fsp3) is 0.588. The first-order valence-electron chi connectivity index (χ1n) is 7.48. The molecule has 1 aliphatic carbocycles. The first-order chi connectivity index (χ1) is 9.99. The lowest BCUT2D eigenvalue weighted by atomic mass is 9.82. The van der Waals surface area contributed by atoms with Crippen molar-refractivity contribution in [3.8, 4) is 5.75 Å². The van der Waals surface area contributed by atoms with Gasteiger partial charge in [-0.25, -0.2) is 0 Å². The summed E-state index contributed by atoms with van der Waals surface area (Å²) in [5, 5.41) is 0.447. The van der Waals surface area contributed by atoms with Crippen LogP contribution in [0.4, 0.5) is 0 Å². The molecule has 3 nitrogen and oxygen atoms in total. The molecule has 0 spiro atoms. The monoisotopic (exact) mass is 310 g/mol. The second kappa shape index (κ2) is 7.28. The molecule has 0 saturated heterocycles. The first kappa shape index (κ1) is 16.3. The van der Waals surface area contributed by atoms with E-state index in [9.17, 15) is 4.79 Å². The molecule has 1 aliphatic rings. The Morgan fingerprint density at radius 1 is 1.24 bits per heavy atom. The largest absolute Gasteiger partial charge is 0.495 e. The van der Waals surface area contributed by atoms with E-state index in [-0.39, 0.29) is 18.5 Å². The highest BCUT2D eigenvalue weighted by Gasteiger charge is 2.25. The summed E-state index contributed by atoms with van der Waals surface area (Å²) in [7, 11) is 1.55. The van der Waals surface area contributed by atoms with Crippen molar-refractivity contribution in [2.24, 2.45) is 11.8 Å². The molecule has 2 unspecified atom stereocenters. The maximum Gasteiger partial charge on any atom is 0.188 e. The second-order valence-corrected chi connectivity index (χ2v) is 6.53. The van der Waals surface area contributed by atoms with E-state index < -0.39 is 0 Å². The van der Waals surface area contributed by atoms with E-state index in [1.165, 1.54) is 6.42 Å². The zero-order valence-corrected chi connectivity index (χ0v) is 13.7. The Balaban J connectivity index is 1.91. The van der Waals surface area contributed by atoms with Crippen LogP contribution in [0.15, 0.2) is 18.2 Å². The number of benzene rings is 1. The highest BCUT2D eigenvalue weighted by molar-refractivity contribution is 6.32. The molecule has 116 valence electrons. The van der Waals surface area contributed by atoms with Gasteiger partial charge in [-0.2, -0.15) is 0 Å². The highest BCUT2D eigenvalue weighted by atomic mass is 35.5. The second-order valence-electron chi connectivity index (χ2n) is 6.12. The van der Waals surface area contributed by atoms with Gasteiger partial charge in [-0.15, -0.1) is 0 Å². The van der Waals surface area contributed by atoms with Crippen molar-refractivity contribution in [1.29, 1.82) is 0 Å². The molecule has 0 aliphatic heterocycles. The molecule has 0 amide bonds. The van der Waals surface area contributed by atoms with Crippen molar-refractivity contribution < 1.29 is 14.3 Å². The quantitative estimate of drug-likeness (QED) is 0.757. The number of ether oxygens (including phenoxy) is 2. The SMILES string of the molecule is COc1ccc(C(=O)COC2CC(C)CC(C)C2)cc1Cl. The third-order valence-electron chi connectivity index (χ3n) is 4.06. The standard InChI is InChI=1S/C17H23ClO3/c1-11-6-12(2)8-14(7-11)21-10-16(19)13-4-5-17(20-3)15(18)9-13/h4-5,9,11-12,14H,6-8,10H2,1-3H3. The van der Waals surface area contributed by atoms with Gasteiger partial charge in [-0.05, 0) is 49.3 Å². The van der Waals surface area contributed by atoms with Crippen molar-refractivity contribution in [2.75, 3.05) is 13.7 Å². The Morgan fingerprint density at radius 2 is 1.90 bits per heavy atom. The molecule has 1 fully saturated rings. The average Bonchev–Trinajstić information content (AvgIpc) is 2.43. The molecule has 0 N–H and O–H groups in total. The van der Waals surface area contributed by atoms with E-state index in [2.05, 4.69) is 13.8 Å². The fourth-order valence-corrected chi connectivity index (χ4v) is 3.38. The summed E-state index contributed by atoms with van der Waals surface area (Å²) in [4.78, 5) is 12.2. The Morgan fingerprint density at radius 3 is 2.48 bits per heavy atom. The minimum Gasteiger partial charge on any atom is -0.495 e. The molecular weight excluding hydrogens is 288 g/mol. The fourth-order valence-electron chi connectivity index (χ4n) is 3.13. The summed E-state index contributed by atoms with van der Waals surface area (Å²) in [5.41, 5.74) is 0.567. The zero-order chi connectivity index (χ0) is 15.4. The molecule has 1 aromatic carbocycles. The number of carbonyl (C=O) groups excluding carboxylic acids is 1. The number of Topliss-reactive ketones (excluding diaryl/α,β-unsaturated/α-hetero) is 1. The van der Waals surface area contributed by atoms with E-state index in [0.717, 1.165) is 12.8 Å². The minimum atomic E-state index is -0.0366. The van der Waals surface area contributed by atoms with Crippen LogP contribution in [-0.4, -0.2) is 25.6 Å². The van der Waals surface area contributed by atoms with Crippen LogP contribution in [0.1, 0.15) is 43.5 Å². The Kier molecular flexibility index (Phi) is 5.65. The minimum absolute atomic E-state index is 0.0366. The van der Waals surface area contributed by atoms with Gasteiger partial charge < -0.3 is 9.47 Å². The van der Waals surface area contributed by atoms with E-state index in [0.29, 0.717) is 28.2 Å². The lowest BCUT2D eigenvalue weighted by molar-refractivity contribution is 0.00562. The molecular formula is C17H23ClO3. The van der Waals surface area contributed by atoms with Gasteiger partial charge in [-0.1, -0.05) is 25.4 Å². The van der Waals surface area contributed by atoms with Gasteiger partial charge in [0.15, 0.2) is 5.78 Å².